The van der Waals surface area contributed by atoms with Gasteiger partial charge in [0.05, 0.1) is 12.7 Å². The molecule has 1 N–H and O–H groups in total. The fraction of sp³-hybridized carbons (Fsp3) is 0.176. The molecule has 0 atom stereocenters. The van der Waals surface area contributed by atoms with Gasteiger partial charge >= 0.3 is 5.97 Å². The van der Waals surface area contributed by atoms with Crippen LogP contribution in [0, 0.1) is 6.92 Å². The highest BCUT2D eigenvalue weighted by Crippen LogP contribution is 2.19. The second kappa shape index (κ2) is 7.65. The van der Waals surface area contributed by atoms with Crippen molar-refractivity contribution >= 4 is 29.2 Å². The van der Waals surface area contributed by atoms with E-state index in [1.807, 2.05) is 6.92 Å². The van der Waals surface area contributed by atoms with Crippen LogP contribution in [0.4, 0.5) is 5.69 Å². The standard InChI is InChI=1S/C17H16ClNO4/c1-11-3-4-12(9-15(11)22-2)17(21)23-10-16(20)19-14-7-5-13(18)6-8-14/h3-9H,10H2,1-2H3,(H,19,20). The molecule has 0 radical (unpaired) electrons. The number of aryl methyl sites for hydroxylation is 1. The number of carbonyl (C=O) groups is 2. The third-order valence-corrected chi connectivity index (χ3v) is 3.36. The first-order valence-electron chi connectivity index (χ1n) is 6.87. The van der Waals surface area contributed by atoms with Crippen molar-refractivity contribution in [3.63, 3.8) is 0 Å². The maximum absolute atomic E-state index is 12.0. The highest BCUT2D eigenvalue weighted by Gasteiger charge is 2.12. The van der Waals surface area contributed by atoms with E-state index in [1.54, 1.807) is 42.5 Å². The third kappa shape index (κ3) is 4.72. The number of nitrogens with one attached hydrogen (secondary N) is 1. The summed E-state index contributed by atoms with van der Waals surface area (Å²) in [6.07, 6.45) is 0. The fourth-order valence-corrected chi connectivity index (χ4v) is 2.02. The summed E-state index contributed by atoms with van der Waals surface area (Å²) in [5.74, 6) is -0.431. The molecule has 0 aliphatic carbocycles. The van der Waals surface area contributed by atoms with Crippen molar-refractivity contribution in [3.8, 4) is 5.75 Å². The molecule has 6 heteroatoms. The summed E-state index contributed by atoms with van der Waals surface area (Å²) in [6.45, 7) is 1.49. The summed E-state index contributed by atoms with van der Waals surface area (Å²) in [7, 11) is 1.52. The molecule has 0 aliphatic heterocycles. The molecule has 0 aliphatic rings. The molecule has 1 amide bonds. The summed E-state index contributed by atoms with van der Waals surface area (Å²) < 4.78 is 10.1. The lowest BCUT2D eigenvalue weighted by Crippen LogP contribution is -2.20. The predicted octanol–water partition coefficient (Wildman–Crippen LogP) is 3.45. The van der Waals surface area contributed by atoms with Crippen LogP contribution in [0.1, 0.15) is 15.9 Å². The smallest absolute Gasteiger partial charge is 0.338 e. The van der Waals surface area contributed by atoms with E-state index in [-0.39, 0.29) is 6.61 Å². The molecule has 0 unspecified atom stereocenters. The number of benzene rings is 2. The minimum atomic E-state index is -0.588. The molecule has 0 aromatic heterocycles. The van der Waals surface area contributed by atoms with Gasteiger partial charge in [-0.15, -0.1) is 0 Å². The first kappa shape index (κ1) is 16.8. The quantitative estimate of drug-likeness (QED) is 0.851. The van der Waals surface area contributed by atoms with Crippen molar-refractivity contribution in [2.75, 3.05) is 19.0 Å². The summed E-state index contributed by atoms with van der Waals surface area (Å²) in [5.41, 5.74) is 1.81. The van der Waals surface area contributed by atoms with Gasteiger partial charge in [0.1, 0.15) is 5.75 Å². The Balaban J connectivity index is 1.91. The normalized spacial score (nSPS) is 10.0. The largest absolute Gasteiger partial charge is 0.496 e. The molecule has 0 bridgehead atoms. The number of methoxy groups -OCH3 is 1. The van der Waals surface area contributed by atoms with E-state index in [2.05, 4.69) is 5.32 Å². The van der Waals surface area contributed by atoms with Crippen molar-refractivity contribution in [3.05, 3.63) is 58.6 Å². The monoisotopic (exact) mass is 333 g/mol. The van der Waals surface area contributed by atoms with Crippen LogP contribution in [-0.4, -0.2) is 25.6 Å². The van der Waals surface area contributed by atoms with Crippen LogP contribution in [0.15, 0.2) is 42.5 Å². The number of ether oxygens (including phenoxy) is 2. The van der Waals surface area contributed by atoms with Gasteiger partial charge in [0.15, 0.2) is 6.61 Å². The lowest BCUT2D eigenvalue weighted by molar-refractivity contribution is -0.119. The van der Waals surface area contributed by atoms with Crippen molar-refractivity contribution in [2.24, 2.45) is 0 Å². The summed E-state index contributed by atoms with van der Waals surface area (Å²) in [5, 5.41) is 3.18. The van der Waals surface area contributed by atoms with Gasteiger partial charge in [0.2, 0.25) is 0 Å². The zero-order valence-electron chi connectivity index (χ0n) is 12.8. The van der Waals surface area contributed by atoms with E-state index in [1.165, 1.54) is 7.11 Å². The molecular weight excluding hydrogens is 318 g/mol. The van der Waals surface area contributed by atoms with Crippen LogP contribution in [0.3, 0.4) is 0 Å². The van der Waals surface area contributed by atoms with Crippen molar-refractivity contribution in [1.29, 1.82) is 0 Å². The van der Waals surface area contributed by atoms with Crippen LogP contribution in [0.25, 0.3) is 0 Å². The van der Waals surface area contributed by atoms with Crippen LogP contribution >= 0.6 is 11.6 Å². The number of carbonyl (C=O) groups excluding carboxylic acids is 2. The SMILES string of the molecule is COc1cc(C(=O)OCC(=O)Nc2ccc(Cl)cc2)ccc1C. The van der Waals surface area contributed by atoms with Crippen LogP contribution < -0.4 is 10.1 Å². The van der Waals surface area contributed by atoms with Gasteiger partial charge in [-0.05, 0) is 48.9 Å². The first-order chi connectivity index (χ1) is 11.0. The Hall–Kier alpha value is -2.53. The van der Waals surface area contributed by atoms with E-state index < -0.39 is 11.9 Å². The van der Waals surface area contributed by atoms with Crippen molar-refractivity contribution in [1.82, 2.24) is 0 Å². The minimum Gasteiger partial charge on any atom is -0.496 e. The Morgan fingerprint density at radius 3 is 2.48 bits per heavy atom. The van der Waals surface area contributed by atoms with Gasteiger partial charge in [0.25, 0.3) is 5.91 Å². The van der Waals surface area contributed by atoms with E-state index >= 15 is 0 Å². The van der Waals surface area contributed by atoms with Gasteiger partial charge in [-0.1, -0.05) is 17.7 Å². The fourth-order valence-electron chi connectivity index (χ4n) is 1.89. The minimum absolute atomic E-state index is 0.326. The molecule has 5 nitrogen and oxygen atoms in total. The predicted molar refractivity (Wildman–Crippen MR) is 88.1 cm³/mol. The van der Waals surface area contributed by atoms with E-state index in [9.17, 15) is 9.59 Å². The Bertz CT molecular complexity index is 713. The molecule has 23 heavy (non-hydrogen) atoms. The second-order valence-electron chi connectivity index (χ2n) is 4.82. The van der Waals surface area contributed by atoms with Gasteiger partial charge in [-0.2, -0.15) is 0 Å². The number of amides is 1. The molecule has 2 aromatic rings. The molecule has 120 valence electrons. The summed E-state index contributed by atoms with van der Waals surface area (Å²) in [4.78, 5) is 23.7. The van der Waals surface area contributed by atoms with Gasteiger partial charge in [-0.3, -0.25) is 4.79 Å². The van der Waals surface area contributed by atoms with Crippen LogP contribution in [-0.2, 0) is 9.53 Å². The van der Waals surface area contributed by atoms with Gasteiger partial charge in [-0.25, -0.2) is 4.79 Å². The van der Waals surface area contributed by atoms with Crippen LogP contribution in [0.2, 0.25) is 5.02 Å². The van der Waals surface area contributed by atoms with Crippen molar-refractivity contribution < 1.29 is 19.1 Å². The molecule has 0 fully saturated rings. The zero-order valence-corrected chi connectivity index (χ0v) is 13.5. The molecule has 0 saturated carbocycles. The average Bonchev–Trinajstić information content (AvgIpc) is 2.55. The number of hydrogen-bond acceptors (Lipinski definition) is 4. The summed E-state index contributed by atoms with van der Waals surface area (Å²) >= 11 is 5.76. The van der Waals surface area contributed by atoms with Crippen molar-refractivity contribution in [2.45, 2.75) is 6.92 Å². The molecular formula is C17H16ClNO4. The van der Waals surface area contributed by atoms with E-state index in [0.29, 0.717) is 22.0 Å². The van der Waals surface area contributed by atoms with E-state index in [4.69, 9.17) is 21.1 Å². The molecule has 0 saturated heterocycles. The second-order valence-corrected chi connectivity index (χ2v) is 5.25. The lowest BCUT2D eigenvalue weighted by Gasteiger charge is -2.09. The molecule has 0 spiro atoms. The van der Waals surface area contributed by atoms with E-state index in [0.717, 1.165) is 5.56 Å². The molecule has 0 heterocycles. The average molecular weight is 334 g/mol. The Labute approximate surface area is 139 Å². The maximum Gasteiger partial charge on any atom is 0.338 e. The number of esters is 1. The van der Waals surface area contributed by atoms with Gasteiger partial charge < -0.3 is 14.8 Å². The first-order valence-corrected chi connectivity index (χ1v) is 7.24. The Morgan fingerprint density at radius 2 is 1.83 bits per heavy atom. The lowest BCUT2D eigenvalue weighted by atomic mass is 10.1. The topological polar surface area (TPSA) is 64.6 Å². The Morgan fingerprint density at radius 1 is 1.13 bits per heavy atom. The molecule has 2 rings (SSSR count). The number of anilines is 1. The number of halogens is 1. The van der Waals surface area contributed by atoms with Crippen LogP contribution in [0.5, 0.6) is 5.75 Å². The maximum atomic E-state index is 12.0. The molecule has 2 aromatic carbocycles. The number of rotatable bonds is 5. The zero-order chi connectivity index (χ0) is 16.8. The number of hydrogen-bond donors (Lipinski definition) is 1. The van der Waals surface area contributed by atoms with Gasteiger partial charge in [0, 0.05) is 10.7 Å². The summed E-state index contributed by atoms with van der Waals surface area (Å²) in [6, 6.07) is 11.6. The third-order valence-electron chi connectivity index (χ3n) is 3.11. The Kier molecular flexibility index (Phi) is 5.60. The highest BCUT2D eigenvalue weighted by molar-refractivity contribution is 6.30. The highest BCUT2D eigenvalue weighted by atomic mass is 35.5.